The molecule has 4 aromatic rings. The van der Waals surface area contributed by atoms with Gasteiger partial charge in [-0.25, -0.2) is 0 Å². The van der Waals surface area contributed by atoms with E-state index in [1.54, 1.807) is 19.3 Å². The van der Waals surface area contributed by atoms with Gasteiger partial charge in [0, 0.05) is 35.8 Å². The minimum Gasteiger partial charge on any atom is -0.325 e. The van der Waals surface area contributed by atoms with E-state index in [0.29, 0.717) is 23.2 Å². The lowest BCUT2D eigenvalue weighted by Crippen LogP contribution is -2.23. The van der Waals surface area contributed by atoms with Gasteiger partial charge in [0.2, 0.25) is 5.91 Å². The van der Waals surface area contributed by atoms with Gasteiger partial charge < -0.3 is 5.32 Å². The second-order valence-electron chi connectivity index (χ2n) is 7.17. The van der Waals surface area contributed by atoms with E-state index < -0.39 is 10.2 Å². The summed E-state index contributed by atoms with van der Waals surface area (Å²) < 4.78 is 1.96. The molecule has 9 nitrogen and oxygen atoms in total. The molecule has 0 aliphatic rings. The van der Waals surface area contributed by atoms with Gasteiger partial charge in [-0.3, -0.25) is 24.5 Å². The molecule has 0 spiro atoms. The SMILES string of the molecule is C[C@@H](Sc1nnc(-c2cccnc2)n1Cc1ccccc1)C(=O)Nc1ccc([N+](=O)[O-])cc1. The number of nitrogens with zero attached hydrogens (tertiary/aromatic N) is 5. The van der Waals surface area contributed by atoms with Crippen LogP contribution in [0, 0.1) is 10.1 Å². The summed E-state index contributed by atoms with van der Waals surface area (Å²) in [5.74, 6) is 0.420. The lowest BCUT2D eigenvalue weighted by molar-refractivity contribution is -0.384. The molecule has 0 bridgehead atoms. The molecule has 4 rings (SSSR count). The van der Waals surface area contributed by atoms with Crippen LogP contribution in [0.15, 0.2) is 84.3 Å². The quantitative estimate of drug-likeness (QED) is 0.235. The van der Waals surface area contributed by atoms with Crippen LogP contribution in [0.2, 0.25) is 0 Å². The largest absolute Gasteiger partial charge is 0.325 e. The number of amides is 1. The molecule has 0 radical (unpaired) electrons. The Bertz CT molecular complexity index is 1250. The van der Waals surface area contributed by atoms with E-state index in [4.69, 9.17) is 0 Å². The van der Waals surface area contributed by atoms with E-state index >= 15 is 0 Å². The molecule has 2 aromatic heterocycles. The fraction of sp³-hybridized carbons (Fsp3) is 0.130. The Hall–Kier alpha value is -4.05. The van der Waals surface area contributed by atoms with Crippen molar-refractivity contribution in [1.82, 2.24) is 19.7 Å². The number of nitro benzene ring substituents is 1. The Morgan fingerprint density at radius 3 is 2.52 bits per heavy atom. The smallest absolute Gasteiger partial charge is 0.269 e. The summed E-state index contributed by atoms with van der Waals surface area (Å²) in [7, 11) is 0. The maximum Gasteiger partial charge on any atom is 0.269 e. The maximum atomic E-state index is 12.7. The number of aromatic nitrogens is 4. The fourth-order valence-electron chi connectivity index (χ4n) is 3.11. The van der Waals surface area contributed by atoms with Crippen LogP contribution in [0.1, 0.15) is 12.5 Å². The van der Waals surface area contributed by atoms with Gasteiger partial charge in [-0.2, -0.15) is 0 Å². The number of thioether (sulfide) groups is 1. The molecule has 0 fully saturated rings. The molecule has 0 aliphatic heterocycles. The zero-order valence-corrected chi connectivity index (χ0v) is 18.5. The van der Waals surface area contributed by atoms with E-state index in [1.165, 1.54) is 36.0 Å². The summed E-state index contributed by atoms with van der Waals surface area (Å²) in [4.78, 5) is 27.3. The third kappa shape index (κ3) is 5.42. The average Bonchev–Trinajstić information content (AvgIpc) is 3.22. The monoisotopic (exact) mass is 460 g/mol. The number of carbonyl (C=O) groups excluding carboxylic acids is 1. The highest BCUT2D eigenvalue weighted by molar-refractivity contribution is 8.00. The Morgan fingerprint density at radius 2 is 1.85 bits per heavy atom. The molecule has 0 aliphatic carbocycles. The van der Waals surface area contributed by atoms with Crippen molar-refractivity contribution >= 4 is 29.0 Å². The molecule has 10 heteroatoms. The van der Waals surface area contributed by atoms with Gasteiger partial charge in [-0.05, 0) is 36.8 Å². The number of rotatable bonds is 8. The lowest BCUT2D eigenvalue weighted by Gasteiger charge is -2.14. The van der Waals surface area contributed by atoms with Crippen molar-refractivity contribution in [3.8, 4) is 11.4 Å². The molecule has 33 heavy (non-hydrogen) atoms. The summed E-state index contributed by atoms with van der Waals surface area (Å²) in [6.45, 7) is 2.31. The molecule has 2 aromatic carbocycles. The van der Waals surface area contributed by atoms with Crippen molar-refractivity contribution in [2.24, 2.45) is 0 Å². The highest BCUT2D eigenvalue weighted by atomic mass is 32.2. The van der Waals surface area contributed by atoms with Crippen molar-refractivity contribution in [3.63, 3.8) is 0 Å². The summed E-state index contributed by atoms with van der Waals surface area (Å²) in [6.07, 6.45) is 3.42. The van der Waals surface area contributed by atoms with E-state index in [1.807, 2.05) is 47.0 Å². The minimum absolute atomic E-state index is 0.0348. The first-order chi connectivity index (χ1) is 16.0. The molecular weight excluding hydrogens is 440 g/mol. The molecule has 1 amide bonds. The van der Waals surface area contributed by atoms with Crippen LogP contribution in [-0.4, -0.2) is 35.8 Å². The molecular formula is C23H20N6O3S. The first-order valence-electron chi connectivity index (χ1n) is 10.1. The normalized spacial score (nSPS) is 11.7. The maximum absolute atomic E-state index is 12.7. The van der Waals surface area contributed by atoms with Crippen molar-refractivity contribution in [2.75, 3.05) is 5.32 Å². The standard InChI is InChI=1S/C23H20N6O3S/c1-16(22(30)25-19-9-11-20(12-10-19)29(31)32)33-23-27-26-21(18-8-5-13-24-14-18)28(23)15-17-6-3-2-4-7-17/h2-14,16H,15H2,1H3,(H,25,30)/t16-/m1/s1. The average molecular weight is 461 g/mol. The van der Waals surface area contributed by atoms with Gasteiger partial charge in [-0.15, -0.1) is 10.2 Å². The van der Waals surface area contributed by atoms with Crippen molar-refractivity contribution in [3.05, 3.63) is 94.8 Å². The number of benzene rings is 2. The van der Waals surface area contributed by atoms with Crippen molar-refractivity contribution in [1.29, 1.82) is 0 Å². The van der Waals surface area contributed by atoms with Gasteiger partial charge in [0.25, 0.3) is 5.69 Å². The molecule has 0 saturated heterocycles. The predicted octanol–water partition coefficient (Wildman–Crippen LogP) is 4.42. The van der Waals surface area contributed by atoms with Gasteiger partial charge in [0.15, 0.2) is 11.0 Å². The third-order valence-electron chi connectivity index (χ3n) is 4.82. The van der Waals surface area contributed by atoms with Gasteiger partial charge in [0.1, 0.15) is 0 Å². The Morgan fingerprint density at radius 1 is 1.09 bits per heavy atom. The topological polar surface area (TPSA) is 116 Å². The fourth-order valence-corrected chi connectivity index (χ4v) is 3.96. The summed E-state index contributed by atoms with van der Waals surface area (Å²) in [5, 5.41) is 22.4. The highest BCUT2D eigenvalue weighted by Crippen LogP contribution is 2.28. The second-order valence-corrected chi connectivity index (χ2v) is 8.48. The minimum atomic E-state index is -0.485. The van der Waals surface area contributed by atoms with Gasteiger partial charge in [0.05, 0.1) is 16.7 Å². The summed E-state index contributed by atoms with van der Waals surface area (Å²) in [6, 6.07) is 19.4. The number of nitrogens with one attached hydrogen (secondary N) is 1. The van der Waals surface area contributed by atoms with E-state index in [9.17, 15) is 14.9 Å². The van der Waals surface area contributed by atoms with E-state index in [-0.39, 0.29) is 11.6 Å². The summed E-state index contributed by atoms with van der Waals surface area (Å²) in [5.41, 5.74) is 2.36. The van der Waals surface area contributed by atoms with Crippen LogP contribution in [0.3, 0.4) is 0 Å². The highest BCUT2D eigenvalue weighted by Gasteiger charge is 2.21. The summed E-state index contributed by atoms with van der Waals surface area (Å²) >= 11 is 1.29. The van der Waals surface area contributed by atoms with Gasteiger partial charge >= 0.3 is 0 Å². The number of anilines is 1. The number of nitro groups is 1. The predicted molar refractivity (Wildman–Crippen MR) is 126 cm³/mol. The Kier molecular flexibility index (Phi) is 6.75. The van der Waals surface area contributed by atoms with Crippen LogP contribution in [0.25, 0.3) is 11.4 Å². The number of carbonyl (C=O) groups is 1. The van der Waals surface area contributed by atoms with Crippen molar-refractivity contribution in [2.45, 2.75) is 23.9 Å². The number of pyridine rings is 1. The molecule has 0 saturated carbocycles. The van der Waals surface area contributed by atoms with Crippen LogP contribution < -0.4 is 5.32 Å². The van der Waals surface area contributed by atoms with Crippen LogP contribution in [0.4, 0.5) is 11.4 Å². The number of hydrogen-bond acceptors (Lipinski definition) is 7. The Balaban J connectivity index is 1.54. The zero-order valence-electron chi connectivity index (χ0n) is 17.7. The molecule has 0 unspecified atom stereocenters. The van der Waals surface area contributed by atoms with Crippen LogP contribution in [0.5, 0.6) is 0 Å². The zero-order chi connectivity index (χ0) is 23.2. The van der Waals surface area contributed by atoms with Crippen molar-refractivity contribution < 1.29 is 9.72 Å². The second kappa shape index (κ2) is 10.0. The van der Waals surface area contributed by atoms with Crippen LogP contribution >= 0.6 is 11.8 Å². The number of non-ortho nitro benzene ring substituents is 1. The molecule has 1 N–H and O–H groups in total. The molecule has 1 atom stereocenters. The van der Waals surface area contributed by atoms with Gasteiger partial charge in [-0.1, -0.05) is 42.1 Å². The molecule has 2 heterocycles. The van der Waals surface area contributed by atoms with E-state index in [0.717, 1.165) is 11.1 Å². The first-order valence-corrected chi connectivity index (χ1v) is 11.0. The Labute approximate surface area is 194 Å². The third-order valence-corrected chi connectivity index (χ3v) is 5.90. The lowest BCUT2D eigenvalue weighted by atomic mass is 10.2. The first kappa shape index (κ1) is 22.2. The van der Waals surface area contributed by atoms with Crippen LogP contribution in [-0.2, 0) is 11.3 Å². The molecule has 166 valence electrons. The van der Waals surface area contributed by atoms with E-state index in [2.05, 4.69) is 20.5 Å². The number of hydrogen-bond donors (Lipinski definition) is 1.